The molecule has 1 unspecified atom stereocenters. The average Bonchev–Trinajstić information content (AvgIpc) is 2.36. The highest BCUT2D eigenvalue weighted by molar-refractivity contribution is 6.33. The van der Waals surface area contributed by atoms with E-state index < -0.39 is 4.92 Å². The lowest BCUT2D eigenvalue weighted by Crippen LogP contribution is -2.23. The Hall–Kier alpha value is -1.66. The second-order valence-electron chi connectivity index (χ2n) is 5.41. The van der Waals surface area contributed by atoms with E-state index in [1.807, 2.05) is 0 Å². The third-order valence-corrected chi connectivity index (χ3v) is 3.34. The summed E-state index contributed by atoms with van der Waals surface area (Å²) in [7, 11) is 0. The Kier molecular flexibility index (Phi) is 6.58. The van der Waals surface area contributed by atoms with E-state index in [4.69, 9.17) is 17.3 Å². The fourth-order valence-electron chi connectivity index (χ4n) is 2.14. The minimum absolute atomic E-state index is 0.00430. The molecule has 0 aliphatic rings. The maximum Gasteiger partial charge on any atom is 0.288 e. The second kappa shape index (κ2) is 7.95. The van der Waals surface area contributed by atoms with Gasteiger partial charge in [-0.2, -0.15) is 0 Å². The van der Waals surface area contributed by atoms with Crippen molar-refractivity contribution in [1.82, 2.24) is 0 Å². The summed E-state index contributed by atoms with van der Waals surface area (Å²) in [5.41, 5.74) is 5.92. The minimum Gasteiger partial charge on any atom is -0.330 e. The summed E-state index contributed by atoms with van der Waals surface area (Å²) in [4.78, 5) is 22.0. The quantitative estimate of drug-likeness (QED) is 0.596. The smallest absolute Gasteiger partial charge is 0.288 e. The van der Waals surface area contributed by atoms with Gasteiger partial charge >= 0.3 is 0 Å². The zero-order valence-electron chi connectivity index (χ0n) is 12.1. The van der Waals surface area contributed by atoms with Crippen molar-refractivity contribution in [3.05, 3.63) is 33.3 Å². The van der Waals surface area contributed by atoms with Gasteiger partial charge in [-0.05, 0) is 36.9 Å². The van der Waals surface area contributed by atoms with E-state index in [1.165, 1.54) is 18.2 Å². The number of nitrogens with one attached hydrogen (secondary N) is 1. The van der Waals surface area contributed by atoms with Gasteiger partial charge in [-0.25, -0.2) is 0 Å². The third-order valence-electron chi connectivity index (χ3n) is 3.04. The molecule has 1 amide bonds. The predicted octanol–water partition coefficient (Wildman–Crippen LogP) is 3.20. The van der Waals surface area contributed by atoms with Crippen molar-refractivity contribution in [3.63, 3.8) is 0 Å². The highest BCUT2D eigenvalue weighted by atomic mass is 35.5. The number of amides is 1. The van der Waals surface area contributed by atoms with E-state index in [1.54, 1.807) is 0 Å². The van der Waals surface area contributed by atoms with Gasteiger partial charge in [0.1, 0.15) is 5.02 Å². The first-order valence-electron chi connectivity index (χ1n) is 6.77. The zero-order chi connectivity index (χ0) is 16.0. The maximum atomic E-state index is 11.9. The molecular weight excluding hydrogens is 294 g/mol. The number of rotatable bonds is 7. The molecule has 0 spiro atoms. The van der Waals surface area contributed by atoms with Crippen LogP contribution in [0.25, 0.3) is 0 Å². The molecule has 1 aromatic carbocycles. The van der Waals surface area contributed by atoms with Crippen LogP contribution in [-0.2, 0) is 4.79 Å². The number of carbonyl (C=O) groups excluding carboxylic acids is 1. The molecule has 6 nitrogen and oxygen atoms in total. The summed E-state index contributed by atoms with van der Waals surface area (Å²) in [6.07, 6.45) is 1.20. The number of halogens is 1. The molecule has 0 radical (unpaired) electrons. The summed E-state index contributed by atoms with van der Waals surface area (Å²) >= 11 is 5.80. The fraction of sp³-hybridized carbons (Fsp3) is 0.500. The van der Waals surface area contributed by atoms with Gasteiger partial charge < -0.3 is 11.1 Å². The number of anilines is 1. The largest absolute Gasteiger partial charge is 0.330 e. The van der Waals surface area contributed by atoms with Gasteiger partial charge in [0.15, 0.2) is 0 Å². The minimum atomic E-state index is -0.568. The molecule has 0 aromatic heterocycles. The standard InChI is InChI=1S/C14H20ClN3O3/c1-9(2)5-10(8-16)6-14(19)17-11-3-4-13(18(20)21)12(15)7-11/h3-4,7,9-10H,5-6,8,16H2,1-2H3,(H,17,19). The molecule has 0 saturated carbocycles. The molecule has 3 N–H and O–H groups in total. The molecule has 1 rings (SSSR count). The molecule has 0 aliphatic carbocycles. The van der Waals surface area contributed by atoms with E-state index >= 15 is 0 Å². The molecule has 1 aromatic rings. The summed E-state index contributed by atoms with van der Waals surface area (Å²) < 4.78 is 0. The number of nitrogens with two attached hydrogens (primary N) is 1. The van der Waals surface area contributed by atoms with Crippen molar-refractivity contribution in [2.45, 2.75) is 26.7 Å². The average molecular weight is 314 g/mol. The van der Waals surface area contributed by atoms with Crippen LogP contribution in [0.1, 0.15) is 26.7 Å². The Labute approximate surface area is 128 Å². The van der Waals surface area contributed by atoms with Crippen LogP contribution < -0.4 is 11.1 Å². The van der Waals surface area contributed by atoms with Crippen molar-refractivity contribution in [2.24, 2.45) is 17.6 Å². The lowest BCUT2D eigenvalue weighted by atomic mass is 9.94. The molecule has 116 valence electrons. The Bertz CT molecular complexity index is 520. The van der Waals surface area contributed by atoms with E-state index in [-0.39, 0.29) is 22.5 Å². The molecule has 0 saturated heterocycles. The van der Waals surface area contributed by atoms with Crippen LogP contribution in [0.4, 0.5) is 11.4 Å². The topological polar surface area (TPSA) is 98.3 Å². The number of nitrogens with zero attached hydrogens (tertiary/aromatic N) is 1. The Morgan fingerprint density at radius 1 is 1.48 bits per heavy atom. The molecule has 21 heavy (non-hydrogen) atoms. The SMILES string of the molecule is CC(C)CC(CN)CC(=O)Nc1ccc([N+](=O)[O-])c(Cl)c1. The summed E-state index contributed by atoms with van der Waals surface area (Å²) in [6.45, 7) is 4.61. The van der Waals surface area contributed by atoms with E-state index in [9.17, 15) is 14.9 Å². The van der Waals surface area contributed by atoms with Gasteiger partial charge in [-0.1, -0.05) is 25.4 Å². The first kappa shape index (κ1) is 17.4. The number of hydrogen-bond donors (Lipinski definition) is 2. The van der Waals surface area contributed by atoms with Crippen LogP contribution in [0.15, 0.2) is 18.2 Å². The van der Waals surface area contributed by atoms with Crippen LogP contribution in [0, 0.1) is 22.0 Å². The first-order valence-corrected chi connectivity index (χ1v) is 7.15. The Morgan fingerprint density at radius 2 is 2.14 bits per heavy atom. The second-order valence-corrected chi connectivity index (χ2v) is 5.81. The lowest BCUT2D eigenvalue weighted by Gasteiger charge is -2.16. The van der Waals surface area contributed by atoms with Crippen molar-refractivity contribution in [1.29, 1.82) is 0 Å². The lowest BCUT2D eigenvalue weighted by molar-refractivity contribution is -0.384. The van der Waals surface area contributed by atoms with E-state index in [0.29, 0.717) is 24.6 Å². The van der Waals surface area contributed by atoms with Crippen molar-refractivity contribution >= 4 is 28.9 Å². The maximum absolute atomic E-state index is 11.9. The van der Waals surface area contributed by atoms with Gasteiger partial charge in [0.25, 0.3) is 5.69 Å². The monoisotopic (exact) mass is 313 g/mol. The van der Waals surface area contributed by atoms with E-state index in [0.717, 1.165) is 6.42 Å². The molecule has 0 aliphatic heterocycles. The van der Waals surface area contributed by atoms with Gasteiger partial charge in [-0.3, -0.25) is 14.9 Å². The normalized spacial score (nSPS) is 12.2. The van der Waals surface area contributed by atoms with Gasteiger partial charge in [0.2, 0.25) is 5.91 Å². The Balaban J connectivity index is 2.66. The van der Waals surface area contributed by atoms with Crippen LogP contribution in [0.2, 0.25) is 5.02 Å². The first-order chi connectivity index (χ1) is 9.83. The van der Waals surface area contributed by atoms with Crippen molar-refractivity contribution in [3.8, 4) is 0 Å². The number of nitro groups is 1. The molecular formula is C14H20ClN3O3. The Morgan fingerprint density at radius 3 is 2.62 bits per heavy atom. The summed E-state index contributed by atoms with van der Waals surface area (Å²) in [6, 6.07) is 4.10. The number of hydrogen-bond acceptors (Lipinski definition) is 4. The fourth-order valence-corrected chi connectivity index (χ4v) is 2.39. The van der Waals surface area contributed by atoms with Crippen LogP contribution in [0.5, 0.6) is 0 Å². The van der Waals surface area contributed by atoms with Gasteiger partial charge in [0.05, 0.1) is 4.92 Å². The molecule has 0 heterocycles. The highest BCUT2D eigenvalue weighted by Gasteiger charge is 2.16. The van der Waals surface area contributed by atoms with Crippen LogP contribution >= 0.6 is 11.6 Å². The molecule has 0 bridgehead atoms. The molecule has 7 heteroatoms. The van der Waals surface area contributed by atoms with Crippen molar-refractivity contribution in [2.75, 3.05) is 11.9 Å². The molecule has 0 fully saturated rings. The number of benzene rings is 1. The third kappa shape index (κ3) is 5.69. The highest BCUT2D eigenvalue weighted by Crippen LogP contribution is 2.27. The summed E-state index contributed by atoms with van der Waals surface area (Å²) in [5.74, 6) is 0.426. The number of nitro benzene ring substituents is 1. The van der Waals surface area contributed by atoms with Crippen LogP contribution in [0.3, 0.4) is 0 Å². The van der Waals surface area contributed by atoms with Crippen LogP contribution in [-0.4, -0.2) is 17.4 Å². The number of carbonyl (C=O) groups is 1. The predicted molar refractivity (Wildman–Crippen MR) is 83.4 cm³/mol. The van der Waals surface area contributed by atoms with Crippen molar-refractivity contribution < 1.29 is 9.72 Å². The zero-order valence-corrected chi connectivity index (χ0v) is 12.9. The van der Waals surface area contributed by atoms with E-state index in [2.05, 4.69) is 19.2 Å². The van der Waals surface area contributed by atoms with Gasteiger partial charge in [-0.15, -0.1) is 0 Å². The van der Waals surface area contributed by atoms with Gasteiger partial charge in [0, 0.05) is 18.2 Å². The summed E-state index contributed by atoms with van der Waals surface area (Å²) in [5, 5.41) is 13.3. The molecule has 1 atom stereocenters.